The standard InChI is InChI=1S/C17H20N3O8PS3/c1-31(24,25)15-5-2-11(10-19-15)17(29(21,22)23)20-32(26,27)16-9-12-8-13(28-7-6-18)3-4-14(12)30-16/h2-5,8-10,17,20H,6-7,18H2,1H3,(H2,21,22,23). The molecule has 11 nitrogen and oxygen atoms in total. The van der Waals surface area contributed by atoms with Crippen LogP contribution in [0, 0.1) is 0 Å². The number of thiophene rings is 1. The van der Waals surface area contributed by atoms with Crippen molar-refractivity contribution in [2.45, 2.75) is 15.0 Å². The normalized spacial score (nSPS) is 13.9. The summed E-state index contributed by atoms with van der Waals surface area (Å²) in [6.45, 7) is 0.605. The van der Waals surface area contributed by atoms with Crippen molar-refractivity contribution in [2.75, 3.05) is 19.4 Å². The highest BCUT2D eigenvalue weighted by Crippen LogP contribution is 2.50. The van der Waals surface area contributed by atoms with Gasteiger partial charge in [-0.25, -0.2) is 21.8 Å². The molecule has 0 radical (unpaired) electrons. The van der Waals surface area contributed by atoms with Gasteiger partial charge in [0.05, 0.1) is 0 Å². The zero-order valence-corrected chi connectivity index (χ0v) is 19.9. The zero-order chi connectivity index (χ0) is 23.7. The number of fused-ring (bicyclic) bond motifs is 1. The van der Waals surface area contributed by atoms with E-state index in [1.54, 1.807) is 18.2 Å². The maximum Gasteiger partial charge on any atom is 0.347 e. The van der Waals surface area contributed by atoms with Crippen LogP contribution >= 0.6 is 18.9 Å². The number of sulfone groups is 1. The van der Waals surface area contributed by atoms with E-state index in [0.29, 0.717) is 29.0 Å². The number of ether oxygens (including phenoxy) is 1. The molecule has 3 aromatic rings. The van der Waals surface area contributed by atoms with E-state index in [1.807, 2.05) is 4.72 Å². The van der Waals surface area contributed by atoms with E-state index in [4.69, 9.17) is 10.5 Å². The number of hydrogen-bond acceptors (Lipinski definition) is 9. The van der Waals surface area contributed by atoms with Crippen LogP contribution in [-0.4, -0.2) is 51.0 Å². The molecule has 15 heteroatoms. The van der Waals surface area contributed by atoms with Gasteiger partial charge in [-0.1, -0.05) is 6.07 Å². The monoisotopic (exact) mass is 521 g/mol. The average Bonchev–Trinajstić information content (AvgIpc) is 3.13. The predicted octanol–water partition coefficient (Wildman–Crippen LogP) is 1.19. The van der Waals surface area contributed by atoms with Gasteiger partial charge in [0.2, 0.25) is 0 Å². The maximum atomic E-state index is 12.9. The Kier molecular flexibility index (Phi) is 7.08. The van der Waals surface area contributed by atoms with Crippen molar-refractivity contribution < 1.29 is 35.9 Å². The topological polar surface area (TPSA) is 186 Å². The van der Waals surface area contributed by atoms with Gasteiger partial charge in [0.15, 0.2) is 14.9 Å². The number of hydrogen-bond donors (Lipinski definition) is 4. The van der Waals surface area contributed by atoms with Crippen molar-refractivity contribution in [2.24, 2.45) is 5.73 Å². The third kappa shape index (κ3) is 5.71. The highest BCUT2D eigenvalue weighted by atomic mass is 32.2. The molecule has 0 aliphatic rings. The predicted molar refractivity (Wildman–Crippen MR) is 119 cm³/mol. The molecule has 1 atom stereocenters. The van der Waals surface area contributed by atoms with Gasteiger partial charge in [0.25, 0.3) is 10.0 Å². The van der Waals surface area contributed by atoms with Crippen molar-refractivity contribution in [3.05, 3.63) is 48.2 Å². The first-order valence-electron chi connectivity index (χ1n) is 8.91. The molecule has 1 aromatic carbocycles. The highest BCUT2D eigenvalue weighted by Gasteiger charge is 2.36. The third-order valence-corrected chi connectivity index (χ3v) is 9.46. The smallest absolute Gasteiger partial charge is 0.347 e. The van der Waals surface area contributed by atoms with Crippen molar-refractivity contribution in [3.63, 3.8) is 0 Å². The Hall–Kier alpha value is -1.90. The molecule has 0 saturated heterocycles. The quantitative estimate of drug-likeness (QED) is 0.298. The average molecular weight is 522 g/mol. The lowest BCUT2D eigenvalue weighted by Gasteiger charge is -2.19. The molecule has 3 rings (SSSR count). The number of nitrogens with one attached hydrogen (secondary N) is 1. The summed E-state index contributed by atoms with van der Waals surface area (Å²) in [5.41, 5.74) is 5.21. The summed E-state index contributed by atoms with van der Waals surface area (Å²) in [6, 6.07) is 8.46. The molecule has 174 valence electrons. The summed E-state index contributed by atoms with van der Waals surface area (Å²) >= 11 is 0.912. The van der Waals surface area contributed by atoms with Gasteiger partial charge in [-0.3, -0.25) is 4.57 Å². The molecule has 32 heavy (non-hydrogen) atoms. The van der Waals surface area contributed by atoms with Crippen molar-refractivity contribution in [1.29, 1.82) is 0 Å². The van der Waals surface area contributed by atoms with Crippen LogP contribution in [-0.2, 0) is 24.4 Å². The largest absolute Gasteiger partial charge is 0.492 e. The van der Waals surface area contributed by atoms with Crippen LogP contribution in [0.3, 0.4) is 0 Å². The Morgan fingerprint density at radius 2 is 1.91 bits per heavy atom. The number of sulfonamides is 1. The van der Waals surface area contributed by atoms with Crippen molar-refractivity contribution in [3.8, 4) is 5.75 Å². The Morgan fingerprint density at radius 1 is 1.19 bits per heavy atom. The molecule has 2 aromatic heterocycles. The number of rotatable bonds is 9. The Morgan fingerprint density at radius 3 is 2.47 bits per heavy atom. The van der Waals surface area contributed by atoms with E-state index in [2.05, 4.69) is 4.98 Å². The van der Waals surface area contributed by atoms with Crippen LogP contribution < -0.4 is 15.2 Å². The Bertz CT molecular complexity index is 1380. The minimum atomic E-state index is -5.03. The fourth-order valence-corrected chi connectivity index (χ4v) is 7.23. The molecule has 2 heterocycles. The van der Waals surface area contributed by atoms with Crippen LogP contribution in [0.4, 0.5) is 0 Å². The van der Waals surface area contributed by atoms with E-state index >= 15 is 0 Å². The van der Waals surface area contributed by atoms with Gasteiger partial charge in [0.1, 0.15) is 22.3 Å². The Balaban J connectivity index is 1.94. The minimum absolute atomic E-state index is 0.164. The SMILES string of the molecule is CS(=O)(=O)c1ccc(C(NS(=O)(=O)c2cc3cc(OCCN)ccc3s2)P(=O)(O)O)cn1. The van der Waals surface area contributed by atoms with E-state index in [1.165, 1.54) is 6.07 Å². The number of pyridine rings is 1. The summed E-state index contributed by atoms with van der Waals surface area (Å²) in [6.07, 6.45) is 1.83. The molecule has 5 N–H and O–H groups in total. The summed E-state index contributed by atoms with van der Waals surface area (Å²) in [5, 5.41) is 0.252. The molecule has 0 amide bonds. The van der Waals surface area contributed by atoms with Gasteiger partial charge in [-0.2, -0.15) is 4.72 Å². The van der Waals surface area contributed by atoms with Gasteiger partial charge in [-0.15, -0.1) is 11.3 Å². The molecule has 0 bridgehead atoms. The zero-order valence-electron chi connectivity index (χ0n) is 16.6. The summed E-state index contributed by atoms with van der Waals surface area (Å²) in [7, 11) is -13.0. The van der Waals surface area contributed by atoms with Crippen LogP contribution in [0.5, 0.6) is 5.75 Å². The second-order valence-corrected chi connectivity index (χ2v) is 13.4. The van der Waals surface area contributed by atoms with E-state index in [9.17, 15) is 31.2 Å². The molecule has 0 fully saturated rings. The van der Waals surface area contributed by atoms with Crippen molar-refractivity contribution >= 4 is 48.9 Å². The number of benzene rings is 1. The van der Waals surface area contributed by atoms with Crippen LogP contribution in [0.15, 0.2) is 51.8 Å². The van der Waals surface area contributed by atoms with Crippen LogP contribution in [0.1, 0.15) is 11.3 Å². The fraction of sp³-hybridized carbons (Fsp3) is 0.235. The van der Waals surface area contributed by atoms with E-state index in [0.717, 1.165) is 35.9 Å². The fourth-order valence-electron chi connectivity index (χ4n) is 2.70. The minimum Gasteiger partial charge on any atom is -0.492 e. The number of nitrogens with two attached hydrogens (primary N) is 1. The third-order valence-electron chi connectivity index (χ3n) is 4.17. The first-order chi connectivity index (χ1) is 14.8. The van der Waals surface area contributed by atoms with Crippen LogP contribution in [0.25, 0.3) is 10.1 Å². The lowest BCUT2D eigenvalue weighted by Crippen LogP contribution is -2.28. The summed E-state index contributed by atoms with van der Waals surface area (Å²) in [4.78, 5) is 23.2. The maximum absolute atomic E-state index is 12.9. The first-order valence-corrected chi connectivity index (χ1v) is 14.8. The number of nitrogens with zero attached hydrogens (tertiary/aromatic N) is 1. The number of aromatic nitrogens is 1. The lowest BCUT2D eigenvalue weighted by atomic mass is 10.2. The van der Waals surface area contributed by atoms with Gasteiger partial charge in [-0.05, 0) is 35.7 Å². The molecule has 0 saturated carbocycles. The molecular formula is C17H20N3O8PS3. The molecular weight excluding hydrogens is 501 g/mol. The second kappa shape index (κ2) is 9.15. The second-order valence-electron chi connectivity index (χ2n) is 6.72. The van der Waals surface area contributed by atoms with E-state index in [-0.39, 0.29) is 14.8 Å². The molecule has 1 unspecified atom stereocenters. The lowest BCUT2D eigenvalue weighted by molar-refractivity contribution is 0.329. The Labute approximate surface area is 188 Å². The van der Waals surface area contributed by atoms with Gasteiger partial charge < -0.3 is 20.3 Å². The molecule has 0 spiro atoms. The van der Waals surface area contributed by atoms with Crippen LogP contribution in [0.2, 0.25) is 0 Å². The van der Waals surface area contributed by atoms with E-state index < -0.39 is 33.2 Å². The van der Waals surface area contributed by atoms with Gasteiger partial charge in [0, 0.05) is 29.3 Å². The molecule has 0 aliphatic carbocycles. The van der Waals surface area contributed by atoms with Gasteiger partial charge >= 0.3 is 7.60 Å². The highest BCUT2D eigenvalue weighted by molar-refractivity contribution is 7.92. The molecule has 0 aliphatic heterocycles. The summed E-state index contributed by atoms with van der Waals surface area (Å²) in [5.74, 6) is -1.45. The summed E-state index contributed by atoms with van der Waals surface area (Å²) < 4.78 is 68.8. The van der Waals surface area contributed by atoms with Crippen molar-refractivity contribution in [1.82, 2.24) is 9.71 Å². The first kappa shape index (κ1) is 24.7.